The van der Waals surface area contributed by atoms with Crippen LogP contribution in [0.15, 0.2) is 30.4 Å². The van der Waals surface area contributed by atoms with Crippen molar-refractivity contribution in [2.75, 3.05) is 10.6 Å². The molecule has 2 N–H and O–H groups in total. The van der Waals surface area contributed by atoms with E-state index in [1.54, 1.807) is 0 Å². The largest absolute Gasteiger partial charge is 0.393 e. The van der Waals surface area contributed by atoms with Crippen LogP contribution in [-0.2, 0) is 9.59 Å². The first-order chi connectivity index (χ1) is 10.5. The summed E-state index contributed by atoms with van der Waals surface area (Å²) in [5.41, 5.74) is 5.50. The van der Waals surface area contributed by atoms with Crippen LogP contribution in [0.5, 0.6) is 0 Å². The number of benzene rings is 1. The van der Waals surface area contributed by atoms with Crippen LogP contribution in [-0.4, -0.2) is 16.7 Å². The van der Waals surface area contributed by atoms with E-state index in [4.69, 9.17) is 5.73 Å². The lowest BCUT2D eigenvalue weighted by atomic mass is 9.85. The smallest absolute Gasteiger partial charge is 0.294 e. The Bertz CT molecular complexity index is 727. The third-order valence-corrected chi connectivity index (χ3v) is 4.94. The third-order valence-electron chi connectivity index (χ3n) is 4.94. The van der Waals surface area contributed by atoms with Crippen molar-refractivity contribution in [2.45, 2.75) is 6.42 Å². The highest BCUT2D eigenvalue weighted by atomic mass is 16.6. The Kier molecular flexibility index (Phi) is 2.46. The zero-order valence-corrected chi connectivity index (χ0v) is 11.5. The predicted molar refractivity (Wildman–Crippen MR) is 77.7 cm³/mol. The van der Waals surface area contributed by atoms with Gasteiger partial charge >= 0.3 is 0 Å². The molecular formula is C15H13N3O4. The molecule has 2 aliphatic carbocycles. The van der Waals surface area contributed by atoms with E-state index in [0.717, 1.165) is 11.3 Å². The molecule has 1 heterocycles. The van der Waals surface area contributed by atoms with Gasteiger partial charge in [0.25, 0.3) is 5.69 Å². The number of rotatable bonds is 2. The van der Waals surface area contributed by atoms with Crippen molar-refractivity contribution in [1.82, 2.24) is 0 Å². The molecule has 1 aromatic carbocycles. The summed E-state index contributed by atoms with van der Waals surface area (Å²) in [6, 6.07) is 4.03. The molecule has 2 fully saturated rings. The molecule has 2 amide bonds. The minimum Gasteiger partial charge on any atom is -0.393 e. The summed E-state index contributed by atoms with van der Waals surface area (Å²) in [6.07, 6.45) is 4.86. The zero-order valence-electron chi connectivity index (χ0n) is 11.5. The topological polar surface area (TPSA) is 107 Å². The van der Waals surface area contributed by atoms with Crippen molar-refractivity contribution in [3.05, 3.63) is 40.5 Å². The maximum atomic E-state index is 12.6. The quantitative estimate of drug-likeness (QED) is 0.293. The molecule has 4 rings (SSSR count). The predicted octanol–water partition coefficient (Wildman–Crippen LogP) is 1.49. The molecule has 1 aromatic rings. The molecule has 1 saturated heterocycles. The van der Waals surface area contributed by atoms with Crippen molar-refractivity contribution in [2.24, 2.45) is 23.7 Å². The molecular weight excluding hydrogens is 286 g/mol. The number of nitro groups is 1. The van der Waals surface area contributed by atoms with E-state index in [1.807, 2.05) is 12.2 Å². The van der Waals surface area contributed by atoms with Gasteiger partial charge in [-0.3, -0.25) is 19.7 Å². The standard InChI is InChI=1S/C15H13N3O4/c16-10-4-3-9(6-11(10)18(21)22)17-14(19)12-7-1-2-8(5-7)13(12)15(17)20/h1-4,6-8,12-13H,5,16H2/t7-,8+,12-,13+. The molecule has 4 atom stereocenters. The van der Waals surface area contributed by atoms with Gasteiger partial charge in [0, 0.05) is 6.07 Å². The second-order valence-electron chi connectivity index (χ2n) is 6.01. The number of nitrogens with two attached hydrogens (primary N) is 1. The van der Waals surface area contributed by atoms with Crippen LogP contribution in [0.2, 0.25) is 0 Å². The highest BCUT2D eigenvalue weighted by Crippen LogP contribution is 2.53. The van der Waals surface area contributed by atoms with Gasteiger partial charge in [0.1, 0.15) is 5.69 Å². The van der Waals surface area contributed by atoms with Crippen molar-refractivity contribution in [3.63, 3.8) is 0 Å². The van der Waals surface area contributed by atoms with Gasteiger partial charge in [-0.15, -0.1) is 0 Å². The summed E-state index contributed by atoms with van der Waals surface area (Å²) < 4.78 is 0. The van der Waals surface area contributed by atoms with Crippen LogP contribution < -0.4 is 10.6 Å². The van der Waals surface area contributed by atoms with E-state index in [-0.39, 0.29) is 52.5 Å². The molecule has 0 unspecified atom stereocenters. The van der Waals surface area contributed by atoms with Crippen LogP contribution in [0, 0.1) is 33.8 Å². The van der Waals surface area contributed by atoms with E-state index in [9.17, 15) is 19.7 Å². The number of allylic oxidation sites excluding steroid dienone is 2. The fourth-order valence-corrected chi connectivity index (χ4v) is 3.99. The lowest BCUT2D eigenvalue weighted by Gasteiger charge is -2.17. The average molecular weight is 299 g/mol. The molecule has 7 heteroatoms. The Morgan fingerprint density at radius 3 is 2.27 bits per heavy atom. The van der Waals surface area contributed by atoms with Gasteiger partial charge in [-0.2, -0.15) is 0 Å². The maximum Gasteiger partial charge on any atom is 0.294 e. The number of carbonyl (C=O) groups is 2. The molecule has 1 aliphatic heterocycles. The summed E-state index contributed by atoms with van der Waals surface area (Å²) in [5, 5.41) is 11.0. The minimum absolute atomic E-state index is 0.00905. The van der Waals surface area contributed by atoms with E-state index in [0.29, 0.717) is 0 Å². The summed E-state index contributed by atoms with van der Waals surface area (Å²) in [5.74, 6) is -0.935. The van der Waals surface area contributed by atoms with Gasteiger partial charge in [0.05, 0.1) is 22.4 Å². The van der Waals surface area contributed by atoms with Crippen LogP contribution in [0.3, 0.4) is 0 Å². The lowest BCUT2D eigenvalue weighted by Crippen LogP contribution is -2.32. The number of hydrogen-bond donors (Lipinski definition) is 1. The summed E-state index contributed by atoms with van der Waals surface area (Å²) in [7, 11) is 0. The number of amides is 2. The van der Waals surface area contributed by atoms with Crippen LogP contribution in [0.25, 0.3) is 0 Å². The fourth-order valence-electron chi connectivity index (χ4n) is 3.99. The van der Waals surface area contributed by atoms with E-state index in [2.05, 4.69) is 0 Å². The molecule has 0 spiro atoms. The van der Waals surface area contributed by atoms with E-state index in [1.165, 1.54) is 18.2 Å². The molecule has 3 aliphatic rings. The highest BCUT2D eigenvalue weighted by molar-refractivity contribution is 6.23. The Balaban J connectivity index is 1.76. The lowest BCUT2D eigenvalue weighted by molar-refractivity contribution is -0.383. The Labute approximate surface area is 125 Å². The zero-order chi connectivity index (χ0) is 15.6. The molecule has 22 heavy (non-hydrogen) atoms. The normalized spacial score (nSPS) is 31.9. The number of nitrogens with zero attached hydrogens (tertiary/aromatic N) is 2. The van der Waals surface area contributed by atoms with Crippen LogP contribution in [0.1, 0.15) is 6.42 Å². The number of hydrogen-bond acceptors (Lipinski definition) is 5. The first-order valence-electron chi connectivity index (χ1n) is 7.09. The van der Waals surface area contributed by atoms with E-state index >= 15 is 0 Å². The van der Waals surface area contributed by atoms with E-state index < -0.39 is 4.92 Å². The van der Waals surface area contributed by atoms with Crippen molar-refractivity contribution < 1.29 is 14.5 Å². The average Bonchev–Trinajstić information content (AvgIpc) is 3.14. The second-order valence-corrected chi connectivity index (χ2v) is 6.01. The number of nitrogen functional groups attached to an aromatic ring is 1. The van der Waals surface area contributed by atoms with Gasteiger partial charge in [0.2, 0.25) is 11.8 Å². The van der Waals surface area contributed by atoms with Crippen LogP contribution in [0.4, 0.5) is 17.1 Å². The number of anilines is 2. The van der Waals surface area contributed by atoms with Crippen molar-refractivity contribution in [3.8, 4) is 0 Å². The van der Waals surface area contributed by atoms with Gasteiger partial charge in [0.15, 0.2) is 0 Å². The molecule has 0 aromatic heterocycles. The molecule has 1 saturated carbocycles. The summed E-state index contributed by atoms with van der Waals surface area (Å²) >= 11 is 0. The Morgan fingerprint density at radius 1 is 1.14 bits per heavy atom. The highest BCUT2D eigenvalue weighted by Gasteiger charge is 2.59. The number of carbonyl (C=O) groups excluding carboxylic acids is 2. The molecule has 112 valence electrons. The van der Waals surface area contributed by atoms with Gasteiger partial charge < -0.3 is 5.73 Å². The second kappa shape index (κ2) is 4.16. The Morgan fingerprint density at radius 2 is 1.73 bits per heavy atom. The number of nitro benzene ring substituents is 1. The monoisotopic (exact) mass is 299 g/mol. The number of fused-ring (bicyclic) bond motifs is 5. The third kappa shape index (κ3) is 1.50. The van der Waals surface area contributed by atoms with Gasteiger partial charge in [-0.1, -0.05) is 12.2 Å². The van der Waals surface area contributed by atoms with Crippen molar-refractivity contribution in [1.29, 1.82) is 0 Å². The van der Waals surface area contributed by atoms with Crippen LogP contribution >= 0.6 is 0 Å². The first-order valence-corrected chi connectivity index (χ1v) is 7.09. The minimum atomic E-state index is -0.615. The number of imide groups is 1. The Hall–Kier alpha value is -2.70. The van der Waals surface area contributed by atoms with Gasteiger partial charge in [-0.05, 0) is 30.4 Å². The SMILES string of the molecule is Nc1ccc(N2C(=O)[C@@H]3[C@H](C2=O)[C@@H]2C=C[C@H]3C2)cc1[N+](=O)[O-]. The molecule has 0 radical (unpaired) electrons. The van der Waals surface area contributed by atoms with Gasteiger partial charge in [-0.25, -0.2) is 4.90 Å². The maximum absolute atomic E-state index is 12.6. The molecule has 2 bridgehead atoms. The fraction of sp³-hybridized carbons (Fsp3) is 0.333. The summed E-state index contributed by atoms with van der Waals surface area (Å²) in [6.45, 7) is 0. The summed E-state index contributed by atoms with van der Waals surface area (Å²) in [4.78, 5) is 36.7. The molecule has 7 nitrogen and oxygen atoms in total. The van der Waals surface area contributed by atoms with Crippen molar-refractivity contribution >= 4 is 28.9 Å². The first kappa shape index (κ1) is 13.0.